The fourth-order valence-electron chi connectivity index (χ4n) is 1.10. The van der Waals surface area contributed by atoms with Gasteiger partial charge in [0.15, 0.2) is 0 Å². The molecular formula is C8H5F3N2O4. The van der Waals surface area contributed by atoms with Gasteiger partial charge < -0.3 is 5.11 Å². The van der Waals surface area contributed by atoms with Gasteiger partial charge in [0, 0.05) is 12.1 Å². The van der Waals surface area contributed by atoms with E-state index in [1.54, 1.807) is 0 Å². The third kappa shape index (κ3) is 3.06. The maximum atomic E-state index is 12.5. The van der Waals surface area contributed by atoms with Crippen LogP contribution in [0.2, 0.25) is 0 Å². The molecule has 92 valence electrons. The van der Waals surface area contributed by atoms with Crippen molar-refractivity contribution in [3.63, 3.8) is 0 Å². The second-order valence-electron chi connectivity index (χ2n) is 2.91. The van der Waals surface area contributed by atoms with Crippen LogP contribution in [0, 0.1) is 10.1 Å². The van der Waals surface area contributed by atoms with Crippen molar-refractivity contribution < 1.29 is 28.0 Å². The molecule has 1 amide bonds. The molecule has 0 saturated carbocycles. The van der Waals surface area contributed by atoms with Crippen LogP contribution in [-0.4, -0.2) is 16.1 Å². The number of non-ortho nitro benzene ring substituents is 1. The lowest BCUT2D eigenvalue weighted by Gasteiger charge is -2.11. The summed E-state index contributed by atoms with van der Waals surface area (Å²) in [4.78, 5) is 19.6. The van der Waals surface area contributed by atoms with Crippen molar-refractivity contribution in [2.24, 2.45) is 0 Å². The maximum absolute atomic E-state index is 12.5. The zero-order valence-electron chi connectivity index (χ0n) is 7.99. The van der Waals surface area contributed by atoms with Crippen LogP contribution in [0.25, 0.3) is 0 Å². The molecule has 0 fully saturated rings. The summed E-state index contributed by atoms with van der Waals surface area (Å²) in [5.41, 5.74) is -2.93. The zero-order valence-corrected chi connectivity index (χ0v) is 7.99. The molecular weight excluding hydrogens is 245 g/mol. The summed E-state index contributed by atoms with van der Waals surface area (Å²) < 4.78 is 37.5. The average Bonchev–Trinajstić information content (AvgIpc) is 2.15. The van der Waals surface area contributed by atoms with E-state index in [4.69, 9.17) is 5.11 Å². The summed E-state index contributed by atoms with van der Waals surface area (Å²) in [6.45, 7) is 0. The van der Waals surface area contributed by atoms with Crippen LogP contribution in [0.4, 0.5) is 29.3 Å². The number of rotatable bonds is 2. The first-order valence-electron chi connectivity index (χ1n) is 4.07. The number of carbonyl (C=O) groups is 1. The van der Waals surface area contributed by atoms with E-state index in [0.717, 1.165) is 6.07 Å². The van der Waals surface area contributed by atoms with E-state index in [9.17, 15) is 28.1 Å². The van der Waals surface area contributed by atoms with E-state index in [-0.39, 0.29) is 6.07 Å². The van der Waals surface area contributed by atoms with Crippen molar-refractivity contribution in [2.75, 3.05) is 5.32 Å². The number of carboxylic acid groups (broad SMARTS) is 1. The van der Waals surface area contributed by atoms with Gasteiger partial charge in [-0.1, -0.05) is 0 Å². The van der Waals surface area contributed by atoms with Crippen LogP contribution in [0.1, 0.15) is 5.56 Å². The Morgan fingerprint density at radius 1 is 1.41 bits per heavy atom. The van der Waals surface area contributed by atoms with E-state index in [1.807, 2.05) is 0 Å². The molecule has 0 saturated heterocycles. The molecule has 1 aromatic rings. The highest BCUT2D eigenvalue weighted by Gasteiger charge is 2.35. The lowest BCUT2D eigenvalue weighted by Crippen LogP contribution is -2.14. The largest absolute Gasteiger partial charge is 0.465 e. The van der Waals surface area contributed by atoms with E-state index >= 15 is 0 Å². The predicted molar refractivity (Wildman–Crippen MR) is 49.7 cm³/mol. The summed E-state index contributed by atoms with van der Waals surface area (Å²) in [6.07, 6.45) is -6.58. The molecule has 1 aromatic carbocycles. The van der Waals surface area contributed by atoms with Crippen LogP contribution in [0.15, 0.2) is 18.2 Å². The van der Waals surface area contributed by atoms with Gasteiger partial charge in [0.2, 0.25) is 0 Å². The van der Waals surface area contributed by atoms with Crippen LogP contribution in [0.3, 0.4) is 0 Å². The van der Waals surface area contributed by atoms with Crippen LogP contribution >= 0.6 is 0 Å². The molecule has 9 heteroatoms. The monoisotopic (exact) mass is 250 g/mol. The second kappa shape index (κ2) is 4.28. The highest BCUT2D eigenvalue weighted by Crippen LogP contribution is 2.36. The quantitative estimate of drug-likeness (QED) is 0.623. The van der Waals surface area contributed by atoms with Crippen molar-refractivity contribution in [1.29, 1.82) is 0 Å². The lowest BCUT2D eigenvalue weighted by molar-refractivity contribution is -0.385. The summed E-state index contributed by atoms with van der Waals surface area (Å²) in [7, 11) is 0. The van der Waals surface area contributed by atoms with Gasteiger partial charge in [-0.3, -0.25) is 15.4 Å². The molecule has 17 heavy (non-hydrogen) atoms. The minimum atomic E-state index is -4.89. The summed E-state index contributed by atoms with van der Waals surface area (Å²) in [6, 6.07) is 1.74. The summed E-state index contributed by atoms with van der Waals surface area (Å²) >= 11 is 0. The first-order chi connectivity index (χ1) is 7.71. The van der Waals surface area contributed by atoms with Crippen molar-refractivity contribution >= 4 is 17.5 Å². The van der Waals surface area contributed by atoms with E-state index in [0.29, 0.717) is 6.07 Å². The molecule has 0 bridgehead atoms. The van der Waals surface area contributed by atoms with Gasteiger partial charge in [-0.25, -0.2) is 4.79 Å². The van der Waals surface area contributed by atoms with Crippen molar-refractivity contribution in [3.05, 3.63) is 33.9 Å². The van der Waals surface area contributed by atoms with E-state index in [2.05, 4.69) is 0 Å². The number of halogens is 3. The molecule has 0 aliphatic carbocycles. The van der Waals surface area contributed by atoms with Crippen LogP contribution < -0.4 is 5.32 Å². The maximum Gasteiger partial charge on any atom is 0.418 e. The van der Waals surface area contributed by atoms with Crippen molar-refractivity contribution in [2.45, 2.75) is 6.18 Å². The van der Waals surface area contributed by atoms with Gasteiger partial charge in [-0.05, 0) is 6.07 Å². The van der Waals surface area contributed by atoms with Crippen LogP contribution in [0.5, 0.6) is 0 Å². The fourth-order valence-corrected chi connectivity index (χ4v) is 1.10. The molecule has 6 nitrogen and oxygen atoms in total. The molecule has 0 aliphatic rings. The highest BCUT2D eigenvalue weighted by molar-refractivity contribution is 5.84. The first kappa shape index (κ1) is 12.7. The fraction of sp³-hybridized carbons (Fsp3) is 0.125. The smallest absolute Gasteiger partial charge is 0.418 e. The molecule has 0 spiro atoms. The van der Waals surface area contributed by atoms with E-state index in [1.165, 1.54) is 5.32 Å². The van der Waals surface area contributed by atoms with Crippen molar-refractivity contribution in [3.8, 4) is 0 Å². The molecule has 1 rings (SSSR count). The van der Waals surface area contributed by atoms with Crippen LogP contribution in [-0.2, 0) is 6.18 Å². The molecule has 0 aromatic heterocycles. The Bertz CT molecular complexity index is 472. The van der Waals surface area contributed by atoms with E-state index < -0.39 is 34.1 Å². The van der Waals surface area contributed by atoms with Gasteiger partial charge in [0.25, 0.3) is 5.69 Å². The van der Waals surface area contributed by atoms with Gasteiger partial charge >= 0.3 is 12.3 Å². The Morgan fingerprint density at radius 2 is 2.00 bits per heavy atom. The number of amides is 1. The average molecular weight is 250 g/mol. The van der Waals surface area contributed by atoms with Gasteiger partial charge in [0.05, 0.1) is 16.2 Å². The Kier molecular flexibility index (Phi) is 3.21. The number of nitrogens with one attached hydrogen (secondary N) is 1. The summed E-state index contributed by atoms with van der Waals surface area (Å²) in [5, 5.41) is 20.2. The number of nitro benzene ring substituents is 1. The third-order valence-corrected chi connectivity index (χ3v) is 1.76. The zero-order chi connectivity index (χ0) is 13.2. The lowest BCUT2D eigenvalue weighted by atomic mass is 10.1. The number of alkyl halides is 3. The molecule has 0 atom stereocenters. The first-order valence-corrected chi connectivity index (χ1v) is 4.07. The Labute approximate surface area is 91.8 Å². The molecule has 0 unspecified atom stereocenters. The second-order valence-corrected chi connectivity index (χ2v) is 2.91. The highest BCUT2D eigenvalue weighted by atomic mass is 19.4. The minimum absolute atomic E-state index is 0.269. The number of hydrogen-bond donors (Lipinski definition) is 2. The van der Waals surface area contributed by atoms with Crippen molar-refractivity contribution in [1.82, 2.24) is 0 Å². The standard InChI is InChI=1S/C8H5F3N2O4/c9-8(10,11)5-3-4(13(16)17)1-2-6(5)12-7(14)15/h1-3,12H,(H,14,15). The molecule has 2 N–H and O–H groups in total. The number of benzene rings is 1. The predicted octanol–water partition coefficient (Wildman–Crippen LogP) is 2.70. The Hall–Kier alpha value is -2.32. The number of anilines is 1. The number of hydrogen-bond acceptors (Lipinski definition) is 3. The normalized spacial score (nSPS) is 11.0. The SMILES string of the molecule is O=C(O)Nc1ccc([N+](=O)[O-])cc1C(F)(F)F. The van der Waals surface area contributed by atoms with Gasteiger partial charge in [0.1, 0.15) is 0 Å². The molecule has 0 heterocycles. The summed E-state index contributed by atoms with van der Waals surface area (Å²) in [5.74, 6) is 0. The molecule has 0 radical (unpaired) electrons. The Balaban J connectivity index is 3.31. The Morgan fingerprint density at radius 3 is 2.41 bits per heavy atom. The minimum Gasteiger partial charge on any atom is -0.465 e. The van der Waals surface area contributed by atoms with Gasteiger partial charge in [-0.15, -0.1) is 0 Å². The topological polar surface area (TPSA) is 92.5 Å². The number of nitrogens with zero attached hydrogens (tertiary/aromatic N) is 1. The number of nitro groups is 1. The molecule has 0 aliphatic heterocycles. The van der Waals surface area contributed by atoms with Gasteiger partial charge in [-0.2, -0.15) is 13.2 Å². The third-order valence-electron chi connectivity index (χ3n) is 1.76.